The van der Waals surface area contributed by atoms with Crippen molar-refractivity contribution in [3.63, 3.8) is 0 Å². The molecule has 0 bridgehead atoms. The first kappa shape index (κ1) is 20.9. The van der Waals surface area contributed by atoms with Gasteiger partial charge in [0.15, 0.2) is 6.23 Å². The molecule has 2 fully saturated rings. The number of nitrogens with zero attached hydrogens (tertiary/aromatic N) is 4. The van der Waals surface area contributed by atoms with Crippen molar-refractivity contribution in [3.8, 4) is 0 Å². The van der Waals surface area contributed by atoms with Gasteiger partial charge in [0.1, 0.15) is 0 Å². The largest absolute Gasteiger partial charge is 0.356 e. The van der Waals surface area contributed by atoms with Crippen molar-refractivity contribution in [2.45, 2.75) is 51.3 Å². The molecule has 2 aromatic heterocycles. The Morgan fingerprint density at radius 2 is 1.94 bits per heavy atom. The van der Waals surface area contributed by atoms with E-state index < -0.39 is 0 Å². The molecule has 6 heteroatoms. The van der Waals surface area contributed by atoms with Crippen molar-refractivity contribution >= 4 is 39.0 Å². The van der Waals surface area contributed by atoms with Gasteiger partial charge in [0, 0.05) is 29.2 Å². The summed E-state index contributed by atoms with van der Waals surface area (Å²) in [4.78, 5) is 7.20. The van der Waals surface area contributed by atoms with Crippen LogP contribution in [0.4, 0.5) is 0 Å². The maximum absolute atomic E-state index is 6.00. The monoisotopic (exact) mass is 480 g/mol. The number of pyridine rings is 1. The fraction of sp³-hybridized carbons (Fsp3) is 0.440. The lowest BCUT2D eigenvalue weighted by Gasteiger charge is -2.25. The molecule has 0 spiro atoms. The lowest BCUT2D eigenvalue weighted by molar-refractivity contribution is -0.0367. The minimum Gasteiger partial charge on any atom is -0.356 e. The smallest absolute Gasteiger partial charge is 0.150 e. The Kier molecular flexibility index (Phi) is 6.48. The molecular weight excluding hydrogens is 452 g/mol. The molecule has 5 rings (SSSR count). The minimum atomic E-state index is 0.0234. The highest BCUT2D eigenvalue weighted by Crippen LogP contribution is 2.30. The molecular formula is C25H29BrN4O. The Morgan fingerprint density at radius 1 is 1.03 bits per heavy atom. The second-order valence-corrected chi connectivity index (χ2v) is 9.48. The first-order valence-electron chi connectivity index (χ1n) is 11.4. The highest BCUT2D eigenvalue weighted by Gasteiger charge is 2.20. The summed E-state index contributed by atoms with van der Waals surface area (Å²) in [6.07, 6.45) is 13.5. The number of rotatable bonds is 5. The molecule has 1 unspecified atom stereocenters. The summed E-state index contributed by atoms with van der Waals surface area (Å²) >= 11 is 3.61. The van der Waals surface area contributed by atoms with Gasteiger partial charge in [-0.2, -0.15) is 5.10 Å². The fourth-order valence-corrected chi connectivity index (χ4v) is 4.91. The number of halogens is 1. The summed E-state index contributed by atoms with van der Waals surface area (Å²) in [5.41, 5.74) is 4.31. The van der Waals surface area contributed by atoms with Gasteiger partial charge in [-0.05, 0) is 81.1 Å². The van der Waals surface area contributed by atoms with Gasteiger partial charge in [0.2, 0.25) is 0 Å². The van der Waals surface area contributed by atoms with Crippen LogP contribution in [0.2, 0.25) is 0 Å². The minimum absolute atomic E-state index is 0.0234. The fourth-order valence-electron chi connectivity index (χ4n) is 4.55. The summed E-state index contributed by atoms with van der Waals surface area (Å²) < 4.78 is 9.12. The molecule has 5 nitrogen and oxygen atoms in total. The van der Waals surface area contributed by atoms with Gasteiger partial charge < -0.3 is 4.74 Å². The van der Waals surface area contributed by atoms with Crippen LogP contribution >= 0.6 is 15.9 Å². The third-order valence-electron chi connectivity index (χ3n) is 6.24. The van der Waals surface area contributed by atoms with Crippen LogP contribution in [0.5, 0.6) is 0 Å². The molecule has 2 saturated heterocycles. The van der Waals surface area contributed by atoms with Crippen molar-refractivity contribution in [3.05, 3.63) is 58.0 Å². The Bertz CT molecular complexity index is 1050. The van der Waals surface area contributed by atoms with Crippen molar-refractivity contribution in [2.75, 3.05) is 19.7 Å². The normalized spacial score (nSPS) is 20.6. The zero-order chi connectivity index (χ0) is 21.0. The number of fused-ring (bicyclic) bond motifs is 1. The molecule has 1 atom stereocenters. The standard InChI is InChI=1S/C25H29BrN4O/c26-20-9-12-24-22(16-20)23(28-30(24)25-6-2-5-15-31-25)11-8-19-7-10-21(27-17-19)18-29-13-3-1-4-14-29/h7-12,16-17,25H,1-6,13-15,18H2/b11-8+. The van der Waals surface area contributed by atoms with E-state index in [-0.39, 0.29) is 6.23 Å². The number of aromatic nitrogens is 3. The van der Waals surface area contributed by atoms with Crippen LogP contribution in [-0.2, 0) is 11.3 Å². The molecule has 2 aliphatic rings. The van der Waals surface area contributed by atoms with Gasteiger partial charge >= 0.3 is 0 Å². The predicted molar refractivity (Wildman–Crippen MR) is 129 cm³/mol. The van der Waals surface area contributed by atoms with Gasteiger partial charge in [0.05, 0.1) is 16.9 Å². The maximum Gasteiger partial charge on any atom is 0.150 e. The van der Waals surface area contributed by atoms with E-state index in [4.69, 9.17) is 14.8 Å². The van der Waals surface area contributed by atoms with Crippen LogP contribution in [0, 0.1) is 0 Å². The number of likely N-dealkylation sites (tertiary alicyclic amines) is 1. The van der Waals surface area contributed by atoms with Crippen molar-refractivity contribution in [1.82, 2.24) is 19.7 Å². The Hall–Kier alpha value is -2.02. The number of ether oxygens (including phenoxy) is 1. The van der Waals surface area contributed by atoms with Gasteiger partial charge in [0.25, 0.3) is 0 Å². The third-order valence-corrected chi connectivity index (χ3v) is 6.73. The molecule has 0 saturated carbocycles. The van der Waals surface area contributed by atoms with Gasteiger partial charge in [-0.1, -0.05) is 34.5 Å². The van der Waals surface area contributed by atoms with Crippen molar-refractivity contribution in [1.29, 1.82) is 0 Å². The number of hydrogen-bond donors (Lipinski definition) is 0. The molecule has 0 radical (unpaired) electrons. The SMILES string of the molecule is Brc1ccc2c(c1)c(/C=C/c1ccc(CN3CCCCC3)nc1)nn2C1CCCCO1. The molecule has 162 valence electrons. The Balaban J connectivity index is 1.36. The topological polar surface area (TPSA) is 43.2 Å². The highest BCUT2D eigenvalue weighted by molar-refractivity contribution is 9.10. The number of piperidine rings is 1. The molecule has 4 heterocycles. The van der Waals surface area contributed by atoms with Crippen LogP contribution < -0.4 is 0 Å². The second-order valence-electron chi connectivity index (χ2n) is 8.57. The second kappa shape index (κ2) is 9.63. The van der Waals surface area contributed by atoms with Crippen LogP contribution in [0.1, 0.15) is 61.7 Å². The molecule has 2 aliphatic heterocycles. The molecule has 0 N–H and O–H groups in total. The zero-order valence-corrected chi connectivity index (χ0v) is 19.4. The Morgan fingerprint density at radius 3 is 2.71 bits per heavy atom. The van der Waals surface area contributed by atoms with Crippen LogP contribution in [0.15, 0.2) is 41.0 Å². The summed E-state index contributed by atoms with van der Waals surface area (Å²) in [5, 5.41) is 6.05. The van der Waals surface area contributed by atoms with Gasteiger partial charge in [-0.3, -0.25) is 9.88 Å². The first-order valence-corrected chi connectivity index (χ1v) is 12.2. The van der Waals surface area contributed by atoms with E-state index in [9.17, 15) is 0 Å². The first-order chi connectivity index (χ1) is 15.3. The van der Waals surface area contributed by atoms with Crippen molar-refractivity contribution in [2.24, 2.45) is 0 Å². The average Bonchev–Trinajstić information content (AvgIpc) is 3.17. The number of hydrogen-bond acceptors (Lipinski definition) is 4. The quantitative estimate of drug-likeness (QED) is 0.445. The van der Waals surface area contributed by atoms with Crippen LogP contribution in [0.3, 0.4) is 0 Å². The maximum atomic E-state index is 6.00. The van der Waals surface area contributed by atoms with E-state index in [1.165, 1.54) is 38.8 Å². The van der Waals surface area contributed by atoms with Crippen LogP contribution in [-0.4, -0.2) is 39.4 Å². The summed E-state index contributed by atoms with van der Waals surface area (Å²) in [6.45, 7) is 4.15. The predicted octanol–water partition coefficient (Wildman–Crippen LogP) is 6.05. The highest BCUT2D eigenvalue weighted by atomic mass is 79.9. The van der Waals surface area contributed by atoms with E-state index >= 15 is 0 Å². The van der Waals surface area contributed by atoms with Crippen LogP contribution in [0.25, 0.3) is 23.1 Å². The molecule has 0 aliphatic carbocycles. The summed E-state index contributed by atoms with van der Waals surface area (Å²) in [5.74, 6) is 0. The molecule has 1 aromatic carbocycles. The lowest BCUT2D eigenvalue weighted by atomic mass is 10.1. The van der Waals surface area contributed by atoms with E-state index in [0.29, 0.717) is 0 Å². The lowest BCUT2D eigenvalue weighted by Crippen LogP contribution is -2.29. The molecule has 31 heavy (non-hydrogen) atoms. The van der Waals surface area contributed by atoms with E-state index in [1.807, 2.05) is 6.20 Å². The summed E-state index contributed by atoms with van der Waals surface area (Å²) in [7, 11) is 0. The van der Waals surface area contributed by atoms with E-state index in [1.54, 1.807) is 0 Å². The molecule has 3 aromatic rings. The Labute approximate surface area is 192 Å². The zero-order valence-electron chi connectivity index (χ0n) is 17.8. The van der Waals surface area contributed by atoms with Gasteiger partial charge in [-0.15, -0.1) is 0 Å². The van der Waals surface area contributed by atoms with E-state index in [2.05, 4.69) is 68.0 Å². The average molecular weight is 481 g/mol. The third kappa shape index (κ3) is 4.92. The molecule has 0 amide bonds. The summed E-state index contributed by atoms with van der Waals surface area (Å²) in [6, 6.07) is 10.6. The number of benzene rings is 1. The van der Waals surface area contributed by atoms with E-state index in [0.717, 1.165) is 58.3 Å². The van der Waals surface area contributed by atoms with Crippen molar-refractivity contribution < 1.29 is 4.74 Å². The van der Waals surface area contributed by atoms with Gasteiger partial charge in [-0.25, -0.2) is 4.68 Å².